The fourth-order valence-electron chi connectivity index (χ4n) is 4.97. The number of hydrogen-bond donors (Lipinski definition) is 0. The van der Waals surface area contributed by atoms with E-state index in [1.807, 2.05) is 18.3 Å². The van der Waals surface area contributed by atoms with Gasteiger partial charge in [-0.3, -0.25) is 4.98 Å². The van der Waals surface area contributed by atoms with E-state index in [0.717, 1.165) is 18.4 Å². The molecule has 1 aromatic heterocycles. The van der Waals surface area contributed by atoms with Crippen molar-refractivity contribution in [2.75, 3.05) is 0 Å². The van der Waals surface area contributed by atoms with Crippen LogP contribution in [0.4, 0.5) is 0 Å². The summed E-state index contributed by atoms with van der Waals surface area (Å²) in [6, 6.07) is 39.7. The Bertz CT molecular complexity index is 1690. The molecule has 1 heterocycles. The number of aryl methyl sites for hydroxylation is 1. The van der Waals surface area contributed by atoms with Gasteiger partial charge < -0.3 is 24.8 Å². The summed E-state index contributed by atoms with van der Waals surface area (Å²) in [6.07, 6.45) is 4.10. The smallest absolute Gasteiger partial charge is 0.0253 e. The maximum Gasteiger partial charge on any atom is -0.0253 e. The van der Waals surface area contributed by atoms with E-state index < -0.39 is 0 Å². The number of halogens is 2. The molecule has 6 aromatic rings. The second-order valence-electron chi connectivity index (χ2n) is 9.84. The molecule has 0 spiro atoms. The minimum atomic E-state index is 0. The monoisotopic (exact) mass is 653 g/mol. The predicted molar refractivity (Wildman–Crippen MR) is 161 cm³/mol. The van der Waals surface area contributed by atoms with Gasteiger partial charge in [-0.2, -0.15) is 35.9 Å². The Kier molecular flexibility index (Phi) is 12.0. The van der Waals surface area contributed by atoms with Crippen LogP contribution in [-0.4, -0.2) is 10.4 Å². The first-order valence-corrected chi connectivity index (χ1v) is 19.4. The van der Waals surface area contributed by atoms with Crippen LogP contribution in [0.1, 0.15) is 23.6 Å². The molecule has 0 radical (unpaired) electrons. The Hall–Kier alpha value is -2.42. The fourth-order valence-corrected chi connectivity index (χ4v) is 4.97. The molecule has 0 fully saturated rings. The van der Waals surface area contributed by atoms with Crippen LogP contribution in [0.2, 0.25) is 13.1 Å². The summed E-state index contributed by atoms with van der Waals surface area (Å²) in [5.74, 6) is 0. The molecule has 40 heavy (non-hydrogen) atoms. The number of aromatic nitrogens is 1. The maximum absolute atomic E-state index is 4.59. The Morgan fingerprint density at radius 2 is 1.55 bits per heavy atom. The van der Waals surface area contributed by atoms with Gasteiger partial charge >= 0.3 is 41.9 Å². The first kappa shape index (κ1) is 32.1. The molecule has 1 aliphatic rings. The molecule has 7 rings (SSSR count). The first-order valence-electron chi connectivity index (χ1n) is 13.2. The van der Waals surface area contributed by atoms with Crippen LogP contribution in [0.5, 0.6) is 0 Å². The zero-order valence-corrected chi connectivity index (χ0v) is 28.0. The zero-order valence-electron chi connectivity index (χ0n) is 23.0. The number of hydrogen-bond acceptors (Lipinski definition) is 1. The summed E-state index contributed by atoms with van der Waals surface area (Å²) in [5.41, 5.74) is 10.6. The van der Waals surface area contributed by atoms with E-state index in [-0.39, 0.29) is 30.2 Å². The van der Waals surface area contributed by atoms with Gasteiger partial charge in [-0.1, -0.05) is 72.1 Å². The van der Waals surface area contributed by atoms with Crippen LogP contribution >= 0.6 is 0 Å². The number of benzene rings is 4. The second kappa shape index (κ2) is 15.0. The van der Waals surface area contributed by atoms with E-state index in [2.05, 4.69) is 122 Å². The molecule has 0 atom stereocenters. The molecular formula is C35H31Cl2NSiZr-2. The number of para-hydroxylation sites is 1. The van der Waals surface area contributed by atoms with Gasteiger partial charge in [-0.05, 0) is 30.5 Å². The van der Waals surface area contributed by atoms with E-state index in [0.29, 0.717) is 0 Å². The number of pyridine rings is 1. The van der Waals surface area contributed by atoms with Crippen LogP contribution in [0.15, 0.2) is 109 Å². The van der Waals surface area contributed by atoms with E-state index >= 15 is 0 Å². The molecule has 0 saturated heterocycles. The standard InChI is InChI=1S/C20H16N.C13H9.C2H6Si.2ClH.Zr/c1-2-14-10-15-7-5-8-18(19(15)11-14)17-12-16-6-3-4-9-20(16)21-13-17;1-3-7-12-10(5-1)9-11-6-2-4-8-13(11)12;1-3-2;;;/h3-13H,2H2,1H3;1-5,7-8H,9H2;1-2H3;2*1H;/q2*-1;;;;+2/p-2. The minimum absolute atomic E-state index is 0. The van der Waals surface area contributed by atoms with Gasteiger partial charge in [0.25, 0.3) is 0 Å². The van der Waals surface area contributed by atoms with Crippen molar-refractivity contribution in [3.05, 3.63) is 132 Å². The average molecular weight is 656 g/mol. The molecule has 200 valence electrons. The molecule has 1 aliphatic carbocycles. The average Bonchev–Trinajstić information content (AvgIpc) is 3.54. The van der Waals surface area contributed by atoms with Crippen LogP contribution in [0, 0.1) is 6.07 Å². The topological polar surface area (TPSA) is 12.9 Å². The molecule has 0 N–H and O–H groups in total. The van der Waals surface area contributed by atoms with Crippen molar-refractivity contribution < 1.29 is 48.1 Å². The van der Waals surface area contributed by atoms with E-state index in [1.165, 1.54) is 55.1 Å². The van der Waals surface area contributed by atoms with Crippen molar-refractivity contribution >= 4 is 27.1 Å². The van der Waals surface area contributed by atoms with Crippen molar-refractivity contribution in [1.82, 2.24) is 4.98 Å². The molecule has 5 heteroatoms. The van der Waals surface area contributed by atoms with Crippen LogP contribution in [-0.2, 0) is 36.2 Å². The van der Waals surface area contributed by atoms with Crippen molar-refractivity contribution in [2.24, 2.45) is 0 Å². The molecule has 5 aromatic carbocycles. The molecule has 0 saturated carbocycles. The van der Waals surface area contributed by atoms with Crippen molar-refractivity contribution in [1.29, 1.82) is 0 Å². The summed E-state index contributed by atoms with van der Waals surface area (Å²) in [5, 5.41) is 3.83. The maximum atomic E-state index is 4.59. The summed E-state index contributed by atoms with van der Waals surface area (Å²) in [6.45, 7) is 6.82. The number of nitrogens with zero attached hydrogens (tertiary/aromatic N) is 1. The third-order valence-electron chi connectivity index (χ3n) is 6.74. The van der Waals surface area contributed by atoms with Crippen LogP contribution in [0.3, 0.4) is 0 Å². The number of rotatable bonds is 2. The minimum Gasteiger partial charge on any atom is -1.00 e. The van der Waals surface area contributed by atoms with E-state index in [1.54, 1.807) is 23.3 Å². The van der Waals surface area contributed by atoms with Gasteiger partial charge in [0, 0.05) is 11.6 Å². The molecule has 0 unspecified atom stereocenters. The number of fused-ring (bicyclic) bond motifs is 5. The third kappa shape index (κ3) is 7.45. The molecule has 0 amide bonds. The van der Waals surface area contributed by atoms with Gasteiger partial charge in [0.15, 0.2) is 0 Å². The summed E-state index contributed by atoms with van der Waals surface area (Å²) >= 11 is 1.74. The zero-order chi connectivity index (χ0) is 26.5. The van der Waals surface area contributed by atoms with E-state index in [4.69, 9.17) is 0 Å². The Balaban J connectivity index is 0.000000200. The van der Waals surface area contributed by atoms with Gasteiger partial charge in [0.05, 0.1) is 5.52 Å². The summed E-state index contributed by atoms with van der Waals surface area (Å²) < 4.78 is 0. The van der Waals surface area contributed by atoms with E-state index in [9.17, 15) is 0 Å². The van der Waals surface area contributed by atoms with Crippen LogP contribution < -0.4 is 24.8 Å². The van der Waals surface area contributed by atoms with Crippen molar-refractivity contribution in [2.45, 2.75) is 32.9 Å². The van der Waals surface area contributed by atoms with Gasteiger partial charge in [-0.25, -0.2) is 0 Å². The largest absolute Gasteiger partial charge is 1.00 e. The SMILES string of the molecule is CCc1cc2c(-c3cnc4ccccc4c3)cccc2[cH-]1.C[Si](C)=[Zr+2].[Cl-].[Cl-].[c-]1cccc2c1Cc1ccccc1-2. The predicted octanol–water partition coefficient (Wildman–Crippen LogP) is 3.19. The quantitative estimate of drug-likeness (QED) is 0.206. The normalized spacial score (nSPS) is 10.6. The summed E-state index contributed by atoms with van der Waals surface area (Å²) in [7, 11) is 0. The molecule has 1 nitrogen and oxygen atoms in total. The molecule has 0 bridgehead atoms. The molecular weight excluding hydrogens is 625 g/mol. The van der Waals surface area contributed by atoms with Crippen molar-refractivity contribution in [3.63, 3.8) is 0 Å². The van der Waals surface area contributed by atoms with Gasteiger partial charge in [-0.15, -0.1) is 40.1 Å². The third-order valence-corrected chi connectivity index (χ3v) is 6.74. The summed E-state index contributed by atoms with van der Waals surface area (Å²) in [4.78, 5) is 4.59. The second-order valence-corrected chi connectivity index (χ2v) is 19.2. The van der Waals surface area contributed by atoms with Crippen LogP contribution in [0.25, 0.3) is 43.9 Å². The van der Waals surface area contributed by atoms with Gasteiger partial charge in [0.2, 0.25) is 0 Å². The van der Waals surface area contributed by atoms with Crippen molar-refractivity contribution in [3.8, 4) is 22.3 Å². The molecule has 0 aliphatic heterocycles. The fraction of sp³-hybridized carbons (Fsp3) is 0.143. The Morgan fingerprint density at radius 3 is 2.35 bits per heavy atom. The Labute approximate surface area is 265 Å². The first-order chi connectivity index (χ1) is 18.5. The Morgan fingerprint density at radius 1 is 0.850 bits per heavy atom. The van der Waals surface area contributed by atoms with Gasteiger partial charge in [0.1, 0.15) is 0 Å².